The van der Waals surface area contributed by atoms with Crippen molar-refractivity contribution in [1.29, 1.82) is 0 Å². The van der Waals surface area contributed by atoms with E-state index in [2.05, 4.69) is 21.3 Å². The monoisotopic (exact) mass is 492 g/mol. The second-order valence-electron chi connectivity index (χ2n) is 8.75. The Bertz CT molecular complexity index is 1180. The minimum Gasteiger partial charge on any atom is -0.493 e. The number of carbonyl (C=O) groups excluding carboxylic acids is 1. The molecule has 35 heavy (non-hydrogen) atoms. The van der Waals surface area contributed by atoms with Gasteiger partial charge in [0.1, 0.15) is 5.82 Å². The Morgan fingerprint density at radius 2 is 1.86 bits per heavy atom. The number of carbonyl (C=O) groups is 1. The van der Waals surface area contributed by atoms with E-state index in [1.807, 2.05) is 56.4 Å². The van der Waals surface area contributed by atoms with Crippen LogP contribution in [-0.2, 0) is 12.2 Å². The normalized spacial score (nSPS) is 12.8. The van der Waals surface area contributed by atoms with Crippen molar-refractivity contribution in [2.24, 2.45) is 0 Å². The fraction of sp³-hybridized carbons (Fsp3) is 0.370. The number of ether oxygens (including phenoxy) is 2. The fourth-order valence-corrected chi connectivity index (χ4v) is 4.52. The third-order valence-corrected chi connectivity index (χ3v) is 6.78. The van der Waals surface area contributed by atoms with Gasteiger partial charge in [-0.2, -0.15) is 0 Å². The molecule has 7 nitrogen and oxygen atoms in total. The molecule has 184 valence electrons. The average molecular weight is 493 g/mol. The third kappa shape index (κ3) is 6.88. The van der Waals surface area contributed by atoms with Crippen molar-refractivity contribution in [2.75, 3.05) is 32.7 Å². The molecule has 1 heterocycles. The van der Waals surface area contributed by atoms with Gasteiger partial charge in [-0.3, -0.25) is 4.79 Å². The van der Waals surface area contributed by atoms with Crippen molar-refractivity contribution in [2.45, 2.75) is 43.1 Å². The van der Waals surface area contributed by atoms with Gasteiger partial charge in [0.05, 0.1) is 14.2 Å². The van der Waals surface area contributed by atoms with E-state index >= 15 is 0 Å². The molecule has 0 radical (unpaired) electrons. The number of amides is 1. The second-order valence-corrected chi connectivity index (χ2v) is 9.69. The van der Waals surface area contributed by atoms with Crippen molar-refractivity contribution in [3.8, 4) is 11.5 Å². The van der Waals surface area contributed by atoms with Crippen LogP contribution in [0.3, 0.4) is 0 Å². The molecule has 0 saturated heterocycles. The molecule has 0 unspecified atom stereocenters. The topological polar surface area (TPSA) is 76.6 Å². The standard InChI is InChI=1S/C27H32N4O3S/c1-18-14-25(31(2)13-12-19-8-11-23(33-3)24(16-19)34-4)30-27(28-18)35-17-20-6-5-7-21(15-20)26(32)29-22-9-10-22/h5-8,11,14-16,22H,9-10,12-13,17H2,1-4H3,(H,29,32). The molecule has 1 saturated carbocycles. The highest BCUT2D eigenvalue weighted by molar-refractivity contribution is 7.98. The highest BCUT2D eigenvalue weighted by atomic mass is 32.2. The summed E-state index contributed by atoms with van der Waals surface area (Å²) in [5, 5.41) is 3.77. The van der Waals surface area contributed by atoms with Crippen molar-refractivity contribution in [1.82, 2.24) is 15.3 Å². The SMILES string of the molecule is COc1ccc(CCN(C)c2cc(C)nc(SCc3cccc(C(=O)NC4CC4)c3)n2)cc1OC. The molecule has 1 aliphatic carbocycles. The lowest BCUT2D eigenvalue weighted by atomic mass is 10.1. The Hall–Kier alpha value is -3.26. The maximum atomic E-state index is 12.4. The smallest absolute Gasteiger partial charge is 0.251 e. The Kier molecular flexibility index (Phi) is 8.13. The number of benzene rings is 2. The number of aryl methyl sites for hydroxylation is 1. The molecule has 0 spiro atoms. The molecule has 8 heteroatoms. The zero-order valence-electron chi connectivity index (χ0n) is 20.7. The van der Waals surface area contributed by atoms with Crippen LogP contribution in [-0.4, -0.2) is 49.7 Å². The molecule has 1 N–H and O–H groups in total. The number of hydrogen-bond donors (Lipinski definition) is 1. The number of thioether (sulfide) groups is 1. The van der Waals surface area contributed by atoms with Crippen LogP contribution >= 0.6 is 11.8 Å². The van der Waals surface area contributed by atoms with Crippen LogP contribution in [0.25, 0.3) is 0 Å². The molecule has 1 aromatic heterocycles. The molecule has 2 aromatic carbocycles. The molecular weight excluding hydrogens is 460 g/mol. The number of likely N-dealkylation sites (N-methyl/N-ethyl adjacent to an activating group) is 1. The van der Waals surface area contributed by atoms with Gasteiger partial charge in [-0.05, 0) is 61.6 Å². The summed E-state index contributed by atoms with van der Waals surface area (Å²) in [5.74, 6) is 3.05. The van der Waals surface area contributed by atoms with E-state index in [0.29, 0.717) is 17.4 Å². The van der Waals surface area contributed by atoms with E-state index in [1.165, 1.54) is 5.56 Å². The summed E-state index contributed by atoms with van der Waals surface area (Å²) in [6, 6.07) is 16.1. The highest BCUT2D eigenvalue weighted by Gasteiger charge is 2.23. The predicted molar refractivity (Wildman–Crippen MR) is 140 cm³/mol. The van der Waals surface area contributed by atoms with Gasteiger partial charge in [0, 0.05) is 42.7 Å². The summed E-state index contributed by atoms with van der Waals surface area (Å²) in [6.45, 7) is 2.79. The number of hydrogen-bond acceptors (Lipinski definition) is 7. The number of nitrogens with one attached hydrogen (secondary N) is 1. The van der Waals surface area contributed by atoms with E-state index in [-0.39, 0.29) is 5.91 Å². The van der Waals surface area contributed by atoms with Crippen LogP contribution in [0.1, 0.15) is 40.0 Å². The summed E-state index contributed by atoms with van der Waals surface area (Å²) in [4.78, 5) is 23.9. The zero-order chi connectivity index (χ0) is 24.8. The molecule has 1 fully saturated rings. The first-order valence-corrected chi connectivity index (χ1v) is 12.7. The maximum Gasteiger partial charge on any atom is 0.251 e. The molecular formula is C27H32N4O3S. The van der Waals surface area contributed by atoms with Crippen LogP contribution in [0.5, 0.6) is 11.5 Å². The molecule has 0 aliphatic heterocycles. The van der Waals surface area contributed by atoms with Gasteiger partial charge in [0.15, 0.2) is 16.7 Å². The van der Waals surface area contributed by atoms with Crippen LogP contribution in [0, 0.1) is 6.92 Å². The quantitative estimate of drug-likeness (QED) is 0.308. The largest absolute Gasteiger partial charge is 0.493 e. The van der Waals surface area contributed by atoms with Crippen molar-refractivity contribution in [3.05, 3.63) is 70.9 Å². The summed E-state index contributed by atoms with van der Waals surface area (Å²) in [7, 11) is 5.33. The average Bonchev–Trinajstić information content (AvgIpc) is 3.69. The highest BCUT2D eigenvalue weighted by Crippen LogP contribution is 2.28. The summed E-state index contributed by atoms with van der Waals surface area (Å²) < 4.78 is 10.7. The van der Waals surface area contributed by atoms with E-state index in [1.54, 1.807) is 26.0 Å². The third-order valence-electron chi connectivity index (χ3n) is 5.86. The second kappa shape index (κ2) is 11.4. The van der Waals surface area contributed by atoms with Gasteiger partial charge < -0.3 is 19.7 Å². The predicted octanol–water partition coefficient (Wildman–Crippen LogP) is 4.67. The number of aromatic nitrogens is 2. The van der Waals surface area contributed by atoms with Gasteiger partial charge in [0.2, 0.25) is 0 Å². The zero-order valence-corrected chi connectivity index (χ0v) is 21.5. The first kappa shape index (κ1) is 24.9. The lowest BCUT2D eigenvalue weighted by Crippen LogP contribution is -2.25. The van der Waals surface area contributed by atoms with Crippen LogP contribution < -0.4 is 19.7 Å². The molecule has 1 amide bonds. The lowest BCUT2D eigenvalue weighted by Gasteiger charge is -2.19. The Labute approximate surface area is 211 Å². The number of rotatable bonds is 11. The van der Waals surface area contributed by atoms with Crippen molar-refractivity contribution >= 4 is 23.5 Å². The van der Waals surface area contributed by atoms with E-state index in [9.17, 15) is 4.79 Å². The first-order chi connectivity index (χ1) is 16.9. The molecule has 4 rings (SSSR count). The lowest BCUT2D eigenvalue weighted by molar-refractivity contribution is 0.0951. The molecule has 3 aromatic rings. The van der Waals surface area contributed by atoms with Crippen LogP contribution in [0.2, 0.25) is 0 Å². The Morgan fingerprint density at radius 1 is 1.06 bits per heavy atom. The molecule has 0 atom stereocenters. The Balaban J connectivity index is 1.37. The van der Waals surface area contributed by atoms with Gasteiger partial charge >= 0.3 is 0 Å². The minimum absolute atomic E-state index is 0.00421. The molecule has 0 bridgehead atoms. The summed E-state index contributed by atoms with van der Waals surface area (Å²) in [5.41, 5.74) is 3.87. The van der Waals surface area contributed by atoms with Crippen LogP contribution in [0.15, 0.2) is 53.7 Å². The maximum absolute atomic E-state index is 12.4. The van der Waals surface area contributed by atoms with Crippen molar-refractivity contribution in [3.63, 3.8) is 0 Å². The van der Waals surface area contributed by atoms with E-state index in [4.69, 9.17) is 14.5 Å². The fourth-order valence-electron chi connectivity index (χ4n) is 3.68. The number of nitrogens with zero attached hydrogens (tertiary/aromatic N) is 3. The van der Waals surface area contributed by atoms with Crippen LogP contribution in [0.4, 0.5) is 5.82 Å². The Morgan fingerprint density at radius 3 is 2.60 bits per heavy atom. The summed E-state index contributed by atoms with van der Waals surface area (Å²) in [6.07, 6.45) is 3.01. The van der Waals surface area contributed by atoms with Gasteiger partial charge in [0.25, 0.3) is 5.91 Å². The molecule has 1 aliphatic rings. The van der Waals surface area contributed by atoms with Crippen molar-refractivity contribution < 1.29 is 14.3 Å². The first-order valence-electron chi connectivity index (χ1n) is 11.8. The van der Waals surface area contributed by atoms with Gasteiger partial charge in [-0.15, -0.1) is 0 Å². The minimum atomic E-state index is 0.00421. The summed E-state index contributed by atoms with van der Waals surface area (Å²) >= 11 is 1.58. The number of anilines is 1. The van der Waals surface area contributed by atoms with Gasteiger partial charge in [-0.25, -0.2) is 9.97 Å². The van der Waals surface area contributed by atoms with Gasteiger partial charge in [-0.1, -0.05) is 30.0 Å². The number of methoxy groups -OCH3 is 2. The van der Waals surface area contributed by atoms with E-state index < -0.39 is 0 Å². The van der Waals surface area contributed by atoms with E-state index in [0.717, 1.165) is 59.5 Å².